The van der Waals surface area contributed by atoms with Gasteiger partial charge in [-0.25, -0.2) is 0 Å². The van der Waals surface area contributed by atoms with E-state index in [0.29, 0.717) is 0 Å². The van der Waals surface area contributed by atoms with Gasteiger partial charge in [0.2, 0.25) is 0 Å². The predicted octanol–water partition coefficient (Wildman–Crippen LogP) is 3.16. The van der Waals surface area contributed by atoms with Crippen LogP contribution >= 0.6 is 0 Å². The molecule has 0 radical (unpaired) electrons. The third kappa shape index (κ3) is 4.18. The number of hydrogen-bond acceptors (Lipinski definition) is 3. The summed E-state index contributed by atoms with van der Waals surface area (Å²) in [5.41, 5.74) is 1.05. The molecule has 19 heavy (non-hydrogen) atoms. The molecule has 3 heteroatoms. The van der Waals surface area contributed by atoms with Gasteiger partial charge in [-0.1, -0.05) is 19.3 Å². The van der Waals surface area contributed by atoms with Crippen LogP contribution in [0.3, 0.4) is 0 Å². The van der Waals surface area contributed by atoms with E-state index in [0.717, 1.165) is 29.9 Å². The number of hydrogen-bond donors (Lipinski definition) is 1. The first kappa shape index (κ1) is 15.4. The average molecular weight is 261 g/mol. The Morgan fingerprint density at radius 2 is 2.05 bits per heavy atom. The third-order valence-corrected chi connectivity index (χ3v) is 3.13. The van der Waals surface area contributed by atoms with E-state index in [2.05, 4.69) is 25.1 Å². The lowest BCUT2D eigenvalue weighted by Gasteiger charge is -2.21. The van der Waals surface area contributed by atoms with Crippen molar-refractivity contribution in [2.75, 3.05) is 14.2 Å². The van der Waals surface area contributed by atoms with E-state index >= 15 is 0 Å². The van der Waals surface area contributed by atoms with Crippen LogP contribution in [0.5, 0.6) is 11.5 Å². The Kier molecular flexibility index (Phi) is 6.24. The van der Waals surface area contributed by atoms with Crippen LogP contribution < -0.4 is 14.8 Å². The average Bonchev–Trinajstić information content (AvgIpc) is 2.45. The van der Waals surface area contributed by atoms with Crippen LogP contribution in [0.15, 0.2) is 18.2 Å². The molecule has 104 valence electrons. The number of nitrogens with one attached hydrogen (secondary N) is 1. The third-order valence-electron chi connectivity index (χ3n) is 3.13. The van der Waals surface area contributed by atoms with Gasteiger partial charge in [0.25, 0.3) is 0 Å². The van der Waals surface area contributed by atoms with Crippen molar-refractivity contribution in [1.82, 2.24) is 5.32 Å². The predicted molar refractivity (Wildman–Crippen MR) is 78.6 cm³/mol. The first-order chi connectivity index (χ1) is 9.15. The summed E-state index contributed by atoms with van der Waals surface area (Å²) in [7, 11) is 3.33. The zero-order chi connectivity index (χ0) is 14.3. The lowest BCUT2D eigenvalue weighted by molar-refractivity contribution is 0.388. The Labute approximate surface area is 116 Å². The fourth-order valence-corrected chi connectivity index (χ4v) is 2.07. The highest BCUT2D eigenvalue weighted by Crippen LogP contribution is 2.29. The van der Waals surface area contributed by atoms with Crippen molar-refractivity contribution in [2.24, 2.45) is 0 Å². The molecule has 0 saturated carbocycles. The van der Waals surface area contributed by atoms with Crippen molar-refractivity contribution >= 4 is 0 Å². The zero-order valence-corrected chi connectivity index (χ0v) is 12.2. The van der Waals surface area contributed by atoms with E-state index in [4.69, 9.17) is 15.9 Å². The van der Waals surface area contributed by atoms with E-state index in [9.17, 15) is 0 Å². The molecule has 1 rings (SSSR count). The number of methoxy groups -OCH3 is 2. The molecule has 3 nitrogen and oxygen atoms in total. The highest BCUT2D eigenvalue weighted by atomic mass is 16.5. The Hall–Kier alpha value is -1.66. The van der Waals surface area contributed by atoms with Gasteiger partial charge < -0.3 is 9.47 Å². The molecule has 0 fully saturated rings. The molecule has 0 aliphatic rings. The number of ether oxygens (including phenoxy) is 2. The summed E-state index contributed by atoms with van der Waals surface area (Å²) in [5.74, 6) is 4.44. The number of terminal acetylenes is 1. The van der Waals surface area contributed by atoms with Crippen molar-refractivity contribution in [3.8, 4) is 23.8 Å². The van der Waals surface area contributed by atoms with Crippen LogP contribution in [0.1, 0.15) is 38.3 Å². The van der Waals surface area contributed by atoms with Crippen molar-refractivity contribution in [1.29, 1.82) is 0 Å². The summed E-state index contributed by atoms with van der Waals surface area (Å²) in [6, 6.07) is 5.97. The molecule has 1 aromatic rings. The minimum absolute atomic E-state index is 0.0795. The SMILES string of the molecule is C#CC(CCC)NC(C)c1cc(OC)ccc1OC. The van der Waals surface area contributed by atoms with Gasteiger partial charge in [0.1, 0.15) is 11.5 Å². The maximum Gasteiger partial charge on any atom is 0.123 e. The first-order valence-corrected chi connectivity index (χ1v) is 6.60. The van der Waals surface area contributed by atoms with Crippen LogP contribution in [0.2, 0.25) is 0 Å². The number of benzene rings is 1. The fraction of sp³-hybridized carbons (Fsp3) is 0.500. The summed E-state index contributed by atoms with van der Waals surface area (Å²) in [5, 5.41) is 3.44. The molecule has 2 unspecified atom stereocenters. The molecular weight excluding hydrogens is 238 g/mol. The van der Waals surface area contributed by atoms with Crippen molar-refractivity contribution in [3.63, 3.8) is 0 Å². The summed E-state index contributed by atoms with van der Waals surface area (Å²) in [6.45, 7) is 4.21. The Balaban J connectivity index is 2.91. The van der Waals surface area contributed by atoms with Gasteiger partial charge in [0.15, 0.2) is 0 Å². The standard InChI is InChI=1S/C16H23NO2/c1-6-8-13(7-2)17-12(3)15-11-14(18-4)9-10-16(15)19-5/h2,9-13,17H,6,8H2,1,3-5H3. The molecule has 1 N–H and O–H groups in total. The van der Waals surface area contributed by atoms with E-state index in [1.54, 1.807) is 14.2 Å². The lowest BCUT2D eigenvalue weighted by Crippen LogP contribution is -2.30. The molecule has 1 aromatic carbocycles. The quantitative estimate of drug-likeness (QED) is 0.765. The lowest BCUT2D eigenvalue weighted by atomic mass is 10.0. The molecule has 0 spiro atoms. The maximum absolute atomic E-state index is 5.54. The van der Waals surface area contributed by atoms with Gasteiger partial charge >= 0.3 is 0 Å². The van der Waals surface area contributed by atoms with E-state index in [1.807, 2.05) is 18.2 Å². The Morgan fingerprint density at radius 1 is 1.32 bits per heavy atom. The normalized spacial score (nSPS) is 13.4. The van der Waals surface area contributed by atoms with E-state index < -0.39 is 0 Å². The topological polar surface area (TPSA) is 30.5 Å². The molecule has 0 aromatic heterocycles. The number of rotatable bonds is 7. The van der Waals surface area contributed by atoms with Crippen LogP contribution in [0.4, 0.5) is 0 Å². The van der Waals surface area contributed by atoms with Gasteiger partial charge in [-0.3, -0.25) is 5.32 Å². The van der Waals surface area contributed by atoms with Crippen molar-refractivity contribution < 1.29 is 9.47 Å². The first-order valence-electron chi connectivity index (χ1n) is 6.60. The van der Waals surface area contributed by atoms with Crippen LogP contribution in [0, 0.1) is 12.3 Å². The van der Waals surface area contributed by atoms with Crippen LogP contribution in [-0.2, 0) is 0 Å². The molecule has 0 aliphatic carbocycles. The molecular formula is C16H23NO2. The molecule has 0 saturated heterocycles. The summed E-state index contributed by atoms with van der Waals surface area (Å²) < 4.78 is 10.7. The maximum atomic E-state index is 5.54. The highest BCUT2D eigenvalue weighted by molar-refractivity contribution is 5.42. The summed E-state index contributed by atoms with van der Waals surface area (Å²) in [4.78, 5) is 0. The summed E-state index contributed by atoms with van der Waals surface area (Å²) in [6.07, 6.45) is 7.57. The largest absolute Gasteiger partial charge is 0.497 e. The second-order valence-corrected chi connectivity index (χ2v) is 4.50. The monoisotopic (exact) mass is 261 g/mol. The van der Waals surface area contributed by atoms with E-state index in [-0.39, 0.29) is 12.1 Å². The van der Waals surface area contributed by atoms with Crippen molar-refractivity contribution in [3.05, 3.63) is 23.8 Å². The van der Waals surface area contributed by atoms with Gasteiger partial charge in [0, 0.05) is 11.6 Å². The van der Waals surface area contributed by atoms with Crippen LogP contribution in [0.25, 0.3) is 0 Å². The molecule has 0 heterocycles. The smallest absolute Gasteiger partial charge is 0.123 e. The van der Waals surface area contributed by atoms with Gasteiger partial charge in [0.05, 0.1) is 20.3 Å². The molecule has 0 bridgehead atoms. The Bertz CT molecular complexity index is 437. The van der Waals surface area contributed by atoms with Gasteiger partial charge in [-0.05, 0) is 31.5 Å². The fourth-order valence-electron chi connectivity index (χ4n) is 2.07. The second-order valence-electron chi connectivity index (χ2n) is 4.50. The minimum atomic E-state index is 0.0795. The van der Waals surface area contributed by atoms with Crippen molar-refractivity contribution in [2.45, 2.75) is 38.8 Å². The van der Waals surface area contributed by atoms with Gasteiger partial charge in [-0.2, -0.15) is 0 Å². The molecule has 0 aliphatic heterocycles. The highest BCUT2D eigenvalue weighted by Gasteiger charge is 2.15. The zero-order valence-electron chi connectivity index (χ0n) is 12.2. The second kappa shape index (κ2) is 7.70. The Morgan fingerprint density at radius 3 is 2.58 bits per heavy atom. The summed E-state index contributed by atoms with van der Waals surface area (Å²) >= 11 is 0. The van der Waals surface area contributed by atoms with E-state index in [1.165, 1.54) is 0 Å². The molecule has 0 amide bonds. The van der Waals surface area contributed by atoms with Gasteiger partial charge in [-0.15, -0.1) is 6.42 Å². The van der Waals surface area contributed by atoms with Crippen LogP contribution in [-0.4, -0.2) is 20.3 Å². The molecule has 2 atom stereocenters. The minimum Gasteiger partial charge on any atom is -0.497 e.